The number of nitrogens with zero attached hydrogens (tertiary/aromatic N) is 2. The fraction of sp³-hybridized carbons (Fsp3) is 0. The van der Waals surface area contributed by atoms with Crippen molar-refractivity contribution in [1.82, 2.24) is 8.97 Å². The maximum atomic E-state index is 2.48. The van der Waals surface area contributed by atoms with Gasteiger partial charge in [-0.3, -0.25) is 0 Å². The van der Waals surface area contributed by atoms with E-state index in [9.17, 15) is 0 Å². The van der Waals surface area contributed by atoms with Crippen LogP contribution in [0, 0.1) is 0 Å². The van der Waals surface area contributed by atoms with Gasteiger partial charge in [0.1, 0.15) is 0 Å². The first-order valence-electron chi connectivity index (χ1n) is 19.6. The molecule has 0 saturated heterocycles. The van der Waals surface area contributed by atoms with Gasteiger partial charge in [0.25, 0.3) is 0 Å². The highest BCUT2D eigenvalue weighted by molar-refractivity contribution is 7.26. The van der Waals surface area contributed by atoms with Gasteiger partial charge in [0.2, 0.25) is 0 Å². The molecule has 13 aromatic rings. The molecule has 0 N–H and O–H groups in total. The summed E-state index contributed by atoms with van der Waals surface area (Å²) in [5, 5.41) is 10.4. The molecule has 3 heteroatoms. The van der Waals surface area contributed by atoms with Crippen molar-refractivity contribution in [3.8, 4) is 39.1 Å². The van der Waals surface area contributed by atoms with Gasteiger partial charge < -0.3 is 8.97 Å². The quantitative estimate of drug-likeness (QED) is 0.170. The Kier molecular flexibility index (Phi) is 6.35. The van der Waals surface area contributed by atoms with Crippen LogP contribution in [0.5, 0.6) is 0 Å². The Morgan fingerprint density at radius 2 is 0.825 bits per heavy atom. The molecule has 0 aliphatic heterocycles. The van der Waals surface area contributed by atoms with Crippen LogP contribution >= 0.6 is 11.3 Å². The number of rotatable bonds is 4. The smallest absolute Gasteiger partial charge is 0.0620 e. The summed E-state index contributed by atoms with van der Waals surface area (Å²) in [6.07, 6.45) is 0. The van der Waals surface area contributed by atoms with E-state index in [4.69, 9.17) is 0 Å². The molecule has 0 fully saturated rings. The average molecular weight is 741 g/mol. The van der Waals surface area contributed by atoms with E-state index in [1.165, 1.54) is 119 Å². The molecule has 264 valence electrons. The molecule has 0 unspecified atom stereocenters. The standard InChI is InChI=1S/C54H32N2S/c1-2-11-38(12-3-1)55-48-18-7-4-13-40(48)44-29-35(25-27-50(44)55)33-21-23-34(24-22-33)36-26-28-51-45(30-36)47-32-37(31-46-41-14-5-8-19-49(41)56(51)53(46)47)39-16-10-17-43-42-15-6-9-20-52(42)57-54(39)43/h1-32H. The first-order chi connectivity index (χ1) is 28.3. The van der Waals surface area contributed by atoms with E-state index in [-0.39, 0.29) is 0 Å². The fourth-order valence-corrected chi connectivity index (χ4v) is 10.9. The van der Waals surface area contributed by atoms with Crippen LogP contribution in [0.2, 0.25) is 0 Å². The van der Waals surface area contributed by atoms with Gasteiger partial charge >= 0.3 is 0 Å². The van der Waals surface area contributed by atoms with Crippen LogP contribution in [-0.2, 0) is 0 Å². The van der Waals surface area contributed by atoms with Gasteiger partial charge in [-0.25, -0.2) is 0 Å². The van der Waals surface area contributed by atoms with Crippen molar-refractivity contribution in [3.63, 3.8) is 0 Å². The molecule has 0 amide bonds. The molecule has 0 spiro atoms. The lowest BCUT2D eigenvalue weighted by Crippen LogP contribution is -1.92. The van der Waals surface area contributed by atoms with Gasteiger partial charge in [-0.1, -0.05) is 127 Å². The molecule has 2 nitrogen and oxygen atoms in total. The minimum Gasteiger partial charge on any atom is -0.309 e. The third-order valence-corrected chi connectivity index (χ3v) is 13.5. The summed E-state index contributed by atoms with van der Waals surface area (Å²) in [4.78, 5) is 0. The van der Waals surface area contributed by atoms with Crippen LogP contribution in [0.3, 0.4) is 0 Å². The second-order valence-corrected chi connectivity index (χ2v) is 16.3. The summed E-state index contributed by atoms with van der Waals surface area (Å²) in [5.74, 6) is 0. The van der Waals surface area contributed by atoms with E-state index in [0.717, 1.165) is 0 Å². The number of thiophene rings is 1. The monoisotopic (exact) mass is 740 g/mol. The first-order valence-corrected chi connectivity index (χ1v) is 20.4. The van der Waals surface area contributed by atoms with Gasteiger partial charge in [0.15, 0.2) is 0 Å². The van der Waals surface area contributed by atoms with Crippen molar-refractivity contribution >= 4 is 91.4 Å². The maximum absolute atomic E-state index is 2.48. The first kappa shape index (κ1) is 31.1. The highest BCUT2D eigenvalue weighted by Crippen LogP contribution is 2.46. The molecular weight excluding hydrogens is 709 g/mol. The number of fused-ring (bicyclic) bond motifs is 12. The van der Waals surface area contributed by atoms with Gasteiger partial charge in [-0.05, 0) is 100 Å². The average Bonchev–Trinajstić information content (AvgIpc) is 4.02. The Bertz CT molecular complexity index is 3730. The molecule has 0 aliphatic carbocycles. The Morgan fingerprint density at radius 3 is 1.58 bits per heavy atom. The van der Waals surface area contributed by atoms with E-state index in [1.807, 2.05) is 11.3 Å². The third kappa shape index (κ3) is 4.40. The van der Waals surface area contributed by atoms with Crippen LogP contribution in [0.1, 0.15) is 0 Å². The third-order valence-electron chi connectivity index (χ3n) is 12.3. The van der Waals surface area contributed by atoms with Crippen molar-refractivity contribution < 1.29 is 0 Å². The molecule has 4 heterocycles. The number of hydrogen-bond acceptors (Lipinski definition) is 1. The number of para-hydroxylation sites is 3. The van der Waals surface area contributed by atoms with E-state index in [1.54, 1.807) is 0 Å². The normalized spacial score (nSPS) is 12.2. The summed E-state index contributed by atoms with van der Waals surface area (Å²) in [7, 11) is 0. The zero-order valence-corrected chi connectivity index (χ0v) is 31.6. The van der Waals surface area contributed by atoms with E-state index in [2.05, 4.69) is 203 Å². The number of hydrogen-bond donors (Lipinski definition) is 0. The number of benzene rings is 9. The molecule has 0 radical (unpaired) electrons. The molecule has 13 rings (SSSR count). The SMILES string of the molecule is c1ccc(-n2c3ccccc3c3cc(-c4ccc(-c5ccc6c(c5)c5cc(-c7cccc8c7sc7ccccc78)cc7c8ccccc8n6c75)cc4)ccc32)cc1. The van der Waals surface area contributed by atoms with Gasteiger partial charge in [0.05, 0.1) is 27.6 Å². The summed E-state index contributed by atoms with van der Waals surface area (Å²) in [6.45, 7) is 0. The summed E-state index contributed by atoms with van der Waals surface area (Å²) in [5.41, 5.74) is 14.9. The summed E-state index contributed by atoms with van der Waals surface area (Å²) >= 11 is 1.90. The lowest BCUT2D eigenvalue weighted by Gasteiger charge is -2.09. The molecule has 0 atom stereocenters. The molecule has 4 aromatic heterocycles. The molecular formula is C54H32N2S. The lowest BCUT2D eigenvalue weighted by atomic mass is 9.96. The van der Waals surface area contributed by atoms with Crippen LogP contribution < -0.4 is 0 Å². The zero-order valence-electron chi connectivity index (χ0n) is 30.8. The number of aromatic nitrogens is 2. The van der Waals surface area contributed by atoms with Crippen LogP contribution in [0.25, 0.3) is 119 Å². The van der Waals surface area contributed by atoms with E-state index < -0.39 is 0 Å². The van der Waals surface area contributed by atoms with Gasteiger partial charge in [0, 0.05) is 58.2 Å². The largest absolute Gasteiger partial charge is 0.309 e. The van der Waals surface area contributed by atoms with Gasteiger partial charge in [-0.15, -0.1) is 11.3 Å². The predicted molar refractivity (Wildman–Crippen MR) is 245 cm³/mol. The molecule has 0 saturated carbocycles. The van der Waals surface area contributed by atoms with Crippen molar-refractivity contribution in [3.05, 3.63) is 194 Å². The highest BCUT2D eigenvalue weighted by Gasteiger charge is 2.21. The Balaban J connectivity index is 0.952. The topological polar surface area (TPSA) is 9.34 Å². The van der Waals surface area contributed by atoms with E-state index >= 15 is 0 Å². The van der Waals surface area contributed by atoms with Crippen molar-refractivity contribution in [1.29, 1.82) is 0 Å². The fourth-order valence-electron chi connectivity index (χ4n) is 9.67. The van der Waals surface area contributed by atoms with Gasteiger partial charge in [-0.2, -0.15) is 0 Å². The second kappa shape index (κ2) is 11.7. The van der Waals surface area contributed by atoms with Crippen molar-refractivity contribution in [2.24, 2.45) is 0 Å². The zero-order chi connectivity index (χ0) is 37.2. The Morgan fingerprint density at radius 1 is 0.316 bits per heavy atom. The van der Waals surface area contributed by atoms with Crippen LogP contribution in [-0.4, -0.2) is 8.97 Å². The molecule has 0 bridgehead atoms. The maximum Gasteiger partial charge on any atom is 0.0620 e. The molecule has 9 aromatic carbocycles. The molecule has 0 aliphatic rings. The summed E-state index contributed by atoms with van der Waals surface area (Å²) in [6, 6.07) is 71.8. The predicted octanol–water partition coefficient (Wildman–Crippen LogP) is 15.3. The van der Waals surface area contributed by atoms with Crippen LogP contribution in [0.4, 0.5) is 0 Å². The van der Waals surface area contributed by atoms with Crippen molar-refractivity contribution in [2.45, 2.75) is 0 Å². The minimum atomic E-state index is 1.18. The second-order valence-electron chi connectivity index (χ2n) is 15.3. The van der Waals surface area contributed by atoms with Crippen LogP contribution in [0.15, 0.2) is 194 Å². The van der Waals surface area contributed by atoms with Crippen molar-refractivity contribution in [2.75, 3.05) is 0 Å². The highest BCUT2D eigenvalue weighted by atomic mass is 32.1. The molecule has 57 heavy (non-hydrogen) atoms. The lowest BCUT2D eigenvalue weighted by molar-refractivity contribution is 1.18. The summed E-state index contributed by atoms with van der Waals surface area (Å²) < 4.78 is 7.54. The minimum absolute atomic E-state index is 1.18. The Hall–Kier alpha value is -7.20. The van der Waals surface area contributed by atoms with E-state index in [0.29, 0.717) is 0 Å². The Labute approximate surface area is 332 Å².